The van der Waals surface area contributed by atoms with Crippen molar-refractivity contribution in [3.05, 3.63) is 76.4 Å². The van der Waals surface area contributed by atoms with Gasteiger partial charge in [-0.3, -0.25) is 0 Å². The van der Waals surface area contributed by atoms with Crippen molar-refractivity contribution < 1.29 is 9.53 Å². The average molecular weight is 373 g/mol. The second-order valence-corrected chi connectivity index (χ2v) is 7.18. The Morgan fingerprint density at radius 2 is 1.96 bits per heavy atom. The van der Waals surface area contributed by atoms with Gasteiger partial charge in [-0.2, -0.15) is 0 Å². The van der Waals surface area contributed by atoms with Crippen LogP contribution < -0.4 is 5.32 Å². The van der Waals surface area contributed by atoms with E-state index >= 15 is 0 Å². The molecule has 0 unspecified atom stereocenters. The zero-order valence-corrected chi connectivity index (χ0v) is 16.6. The summed E-state index contributed by atoms with van der Waals surface area (Å²) in [5.41, 5.74) is 5.42. The van der Waals surface area contributed by atoms with Crippen LogP contribution in [-0.2, 0) is 16.1 Å². The third kappa shape index (κ3) is 6.40. The molecule has 0 heterocycles. The van der Waals surface area contributed by atoms with E-state index in [0.717, 1.165) is 35.7 Å². The molecule has 28 heavy (non-hydrogen) atoms. The Morgan fingerprint density at radius 1 is 1.18 bits per heavy atom. The van der Waals surface area contributed by atoms with E-state index in [1.165, 1.54) is 30.0 Å². The molecular formula is C25H27NO2. The average Bonchev–Trinajstić information content (AvgIpc) is 3.52. The van der Waals surface area contributed by atoms with Gasteiger partial charge in [0.15, 0.2) is 0 Å². The van der Waals surface area contributed by atoms with Crippen molar-refractivity contribution >= 4 is 12.0 Å². The summed E-state index contributed by atoms with van der Waals surface area (Å²) in [6.45, 7) is 6.28. The van der Waals surface area contributed by atoms with Gasteiger partial charge in [-0.15, -0.1) is 0 Å². The number of benzene rings is 2. The number of rotatable bonds is 7. The van der Waals surface area contributed by atoms with E-state index in [1.807, 2.05) is 24.3 Å². The van der Waals surface area contributed by atoms with Crippen molar-refractivity contribution in [2.24, 2.45) is 5.92 Å². The van der Waals surface area contributed by atoms with Crippen molar-refractivity contribution in [1.82, 2.24) is 5.32 Å². The topological polar surface area (TPSA) is 38.3 Å². The molecule has 0 radical (unpaired) electrons. The maximum Gasteiger partial charge on any atom is 0.330 e. The fraction of sp³-hybridized carbons (Fsp3) is 0.320. The standard InChI is InChI=1S/C25H27NO2/c1-3-28-25(27)15-13-21-8-6-20(7-9-21)12-14-24-16-23(5-4-19(24)2)18-26-17-22-10-11-22/h4-9,13,15-16,22,26H,3,10-11,17-18H2,1-2H3/b15-13+. The van der Waals surface area contributed by atoms with E-state index in [2.05, 4.69) is 42.3 Å². The van der Waals surface area contributed by atoms with E-state index < -0.39 is 0 Å². The van der Waals surface area contributed by atoms with Crippen molar-refractivity contribution in [3.63, 3.8) is 0 Å². The van der Waals surface area contributed by atoms with Crippen LogP contribution in [0.25, 0.3) is 6.08 Å². The second kappa shape index (κ2) is 9.92. The van der Waals surface area contributed by atoms with Gasteiger partial charge < -0.3 is 10.1 Å². The van der Waals surface area contributed by atoms with Gasteiger partial charge in [0.05, 0.1) is 6.61 Å². The summed E-state index contributed by atoms with van der Waals surface area (Å²) in [6, 6.07) is 14.3. The normalized spacial score (nSPS) is 13.2. The van der Waals surface area contributed by atoms with Crippen LogP contribution in [0.5, 0.6) is 0 Å². The predicted molar refractivity (Wildman–Crippen MR) is 114 cm³/mol. The number of nitrogens with one attached hydrogen (secondary N) is 1. The zero-order chi connectivity index (χ0) is 19.8. The zero-order valence-electron chi connectivity index (χ0n) is 16.6. The van der Waals surface area contributed by atoms with Gasteiger partial charge in [-0.05, 0) is 80.1 Å². The molecule has 0 atom stereocenters. The molecule has 3 heteroatoms. The third-order valence-corrected chi connectivity index (χ3v) is 4.71. The van der Waals surface area contributed by atoms with Crippen LogP contribution in [0.2, 0.25) is 0 Å². The van der Waals surface area contributed by atoms with E-state index in [9.17, 15) is 4.79 Å². The Balaban J connectivity index is 1.62. The molecule has 144 valence electrons. The number of carbonyl (C=O) groups is 1. The number of esters is 1. The monoisotopic (exact) mass is 373 g/mol. The lowest BCUT2D eigenvalue weighted by molar-refractivity contribution is -0.137. The first-order valence-electron chi connectivity index (χ1n) is 9.91. The highest BCUT2D eigenvalue weighted by Crippen LogP contribution is 2.27. The first kappa shape index (κ1) is 19.9. The van der Waals surface area contributed by atoms with Crippen molar-refractivity contribution in [2.45, 2.75) is 33.2 Å². The fourth-order valence-corrected chi connectivity index (χ4v) is 2.83. The van der Waals surface area contributed by atoms with E-state index in [1.54, 1.807) is 13.0 Å². The smallest absolute Gasteiger partial charge is 0.330 e. The minimum Gasteiger partial charge on any atom is -0.463 e. The van der Waals surface area contributed by atoms with E-state index in [0.29, 0.717) is 6.61 Å². The molecule has 0 spiro atoms. The lowest BCUT2D eigenvalue weighted by Crippen LogP contribution is -2.16. The second-order valence-electron chi connectivity index (χ2n) is 7.18. The largest absolute Gasteiger partial charge is 0.463 e. The Hall–Kier alpha value is -2.83. The van der Waals surface area contributed by atoms with Crippen molar-refractivity contribution in [2.75, 3.05) is 13.2 Å². The molecule has 1 N–H and O–H groups in total. The van der Waals surface area contributed by atoms with Gasteiger partial charge in [0.2, 0.25) is 0 Å². The first-order chi connectivity index (χ1) is 13.6. The van der Waals surface area contributed by atoms with Gasteiger partial charge in [0.1, 0.15) is 0 Å². The highest BCUT2D eigenvalue weighted by Gasteiger charge is 2.20. The molecule has 3 nitrogen and oxygen atoms in total. The van der Waals surface area contributed by atoms with Crippen LogP contribution in [0.4, 0.5) is 0 Å². The predicted octanol–water partition coefficient (Wildman–Crippen LogP) is 4.47. The van der Waals surface area contributed by atoms with Crippen LogP contribution in [0.15, 0.2) is 48.5 Å². The molecular weight excluding hydrogens is 346 g/mol. The minimum atomic E-state index is -0.326. The molecule has 0 bridgehead atoms. The third-order valence-electron chi connectivity index (χ3n) is 4.71. The summed E-state index contributed by atoms with van der Waals surface area (Å²) in [7, 11) is 0. The van der Waals surface area contributed by atoms with Gasteiger partial charge in [-0.25, -0.2) is 4.79 Å². The highest BCUT2D eigenvalue weighted by atomic mass is 16.5. The van der Waals surface area contributed by atoms with Gasteiger partial charge in [-0.1, -0.05) is 36.1 Å². The highest BCUT2D eigenvalue weighted by molar-refractivity contribution is 5.87. The van der Waals surface area contributed by atoms with Crippen LogP contribution in [0.3, 0.4) is 0 Å². The molecule has 3 rings (SSSR count). The summed E-state index contributed by atoms with van der Waals surface area (Å²) in [5.74, 6) is 7.10. The number of carbonyl (C=O) groups excluding carboxylic acids is 1. The minimum absolute atomic E-state index is 0.326. The Bertz CT molecular complexity index is 896. The molecule has 2 aromatic rings. The molecule has 1 aliphatic rings. The SMILES string of the molecule is CCOC(=O)/C=C/c1ccc(C#Cc2cc(CNCC3CC3)ccc2C)cc1. The van der Waals surface area contributed by atoms with Crippen LogP contribution in [0, 0.1) is 24.7 Å². The number of hydrogen-bond acceptors (Lipinski definition) is 3. The number of aryl methyl sites for hydroxylation is 1. The van der Waals surface area contributed by atoms with Crippen LogP contribution in [0.1, 0.15) is 47.6 Å². The Morgan fingerprint density at radius 3 is 2.68 bits per heavy atom. The lowest BCUT2D eigenvalue weighted by atomic mass is 10.0. The lowest BCUT2D eigenvalue weighted by Gasteiger charge is -2.06. The van der Waals surface area contributed by atoms with Gasteiger partial charge >= 0.3 is 5.97 Å². The Labute approximate surface area is 167 Å². The number of ether oxygens (including phenoxy) is 1. The van der Waals surface area contributed by atoms with Crippen LogP contribution >= 0.6 is 0 Å². The van der Waals surface area contributed by atoms with Crippen molar-refractivity contribution in [1.29, 1.82) is 0 Å². The maximum absolute atomic E-state index is 11.4. The quantitative estimate of drug-likeness (QED) is 0.442. The molecule has 1 saturated carbocycles. The van der Waals surface area contributed by atoms with Gasteiger partial charge in [0, 0.05) is 23.7 Å². The van der Waals surface area contributed by atoms with Crippen LogP contribution in [-0.4, -0.2) is 19.1 Å². The summed E-state index contributed by atoms with van der Waals surface area (Å²) < 4.78 is 4.88. The fourth-order valence-electron chi connectivity index (χ4n) is 2.83. The summed E-state index contributed by atoms with van der Waals surface area (Å²) in [6.07, 6.45) is 5.93. The molecule has 0 aliphatic heterocycles. The van der Waals surface area contributed by atoms with E-state index in [4.69, 9.17) is 4.74 Å². The molecule has 1 aliphatic carbocycles. The molecule has 2 aromatic carbocycles. The maximum atomic E-state index is 11.4. The summed E-state index contributed by atoms with van der Waals surface area (Å²) in [5, 5.41) is 3.53. The van der Waals surface area contributed by atoms with E-state index in [-0.39, 0.29) is 5.97 Å². The summed E-state index contributed by atoms with van der Waals surface area (Å²) in [4.78, 5) is 11.4. The molecule has 0 amide bonds. The van der Waals surface area contributed by atoms with Gasteiger partial charge in [0.25, 0.3) is 0 Å². The molecule has 0 saturated heterocycles. The summed E-state index contributed by atoms with van der Waals surface area (Å²) >= 11 is 0. The molecule has 0 aromatic heterocycles. The Kier molecular flexibility index (Phi) is 7.06. The first-order valence-corrected chi connectivity index (χ1v) is 9.91. The van der Waals surface area contributed by atoms with Crippen molar-refractivity contribution in [3.8, 4) is 11.8 Å². The molecule has 1 fully saturated rings. The number of hydrogen-bond donors (Lipinski definition) is 1.